The quantitative estimate of drug-likeness (QED) is 0.877. The third-order valence-electron chi connectivity index (χ3n) is 2.96. The van der Waals surface area contributed by atoms with Gasteiger partial charge in [0.05, 0.1) is 17.4 Å². The molecule has 0 aliphatic heterocycles. The van der Waals surface area contributed by atoms with E-state index >= 15 is 0 Å². The Balaban J connectivity index is 1.70. The summed E-state index contributed by atoms with van der Waals surface area (Å²) in [5.74, 6) is 1.16. The Morgan fingerprint density at radius 3 is 2.64 bits per heavy atom. The van der Waals surface area contributed by atoms with Crippen molar-refractivity contribution >= 4 is 29.3 Å². The van der Waals surface area contributed by atoms with Gasteiger partial charge in [-0.1, -0.05) is 35.9 Å². The first kappa shape index (κ1) is 16.4. The van der Waals surface area contributed by atoms with Crippen LogP contribution in [0.15, 0.2) is 48.5 Å². The molecule has 0 unspecified atom stereocenters. The van der Waals surface area contributed by atoms with Crippen LogP contribution >= 0.6 is 23.4 Å². The Hall–Kier alpha value is -1.96. The number of thioether (sulfide) groups is 1. The zero-order valence-electron chi connectivity index (χ0n) is 11.9. The molecule has 0 bridgehead atoms. The highest BCUT2D eigenvalue weighted by Crippen LogP contribution is 2.16. The van der Waals surface area contributed by atoms with E-state index in [0.29, 0.717) is 22.9 Å². The molecule has 2 aromatic rings. The molecule has 112 valence electrons. The van der Waals surface area contributed by atoms with E-state index < -0.39 is 0 Å². The number of halogens is 1. The van der Waals surface area contributed by atoms with Gasteiger partial charge in [-0.2, -0.15) is 5.26 Å². The number of benzene rings is 2. The van der Waals surface area contributed by atoms with E-state index in [4.69, 9.17) is 16.9 Å². The van der Waals surface area contributed by atoms with Gasteiger partial charge >= 0.3 is 0 Å². The second kappa shape index (κ2) is 8.47. The minimum Gasteiger partial charge on any atom is -0.351 e. The van der Waals surface area contributed by atoms with Gasteiger partial charge in [0, 0.05) is 17.3 Å². The molecule has 0 spiro atoms. The lowest BCUT2D eigenvalue weighted by Crippen LogP contribution is -2.24. The summed E-state index contributed by atoms with van der Waals surface area (Å²) in [6, 6.07) is 16.9. The van der Waals surface area contributed by atoms with Gasteiger partial charge in [0.15, 0.2) is 0 Å². The Labute approximate surface area is 139 Å². The largest absolute Gasteiger partial charge is 0.351 e. The van der Waals surface area contributed by atoms with Crippen LogP contribution < -0.4 is 5.32 Å². The molecule has 0 saturated carbocycles. The Morgan fingerprint density at radius 1 is 1.18 bits per heavy atom. The van der Waals surface area contributed by atoms with Crippen molar-refractivity contribution in [2.45, 2.75) is 12.3 Å². The molecular formula is C17H15ClN2OS. The molecule has 0 saturated heterocycles. The predicted octanol–water partition coefficient (Wildman–Crippen LogP) is 3.76. The lowest BCUT2D eigenvalue weighted by atomic mass is 10.1. The number of amides is 1. The van der Waals surface area contributed by atoms with Crippen molar-refractivity contribution in [1.29, 1.82) is 5.26 Å². The van der Waals surface area contributed by atoms with Gasteiger partial charge in [-0.15, -0.1) is 11.8 Å². The highest BCUT2D eigenvalue weighted by atomic mass is 35.5. The third kappa shape index (κ3) is 5.44. The maximum atomic E-state index is 11.8. The molecule has 5 heteroatoms. The van der Waals surface area contributed by atoms with Crippen LogP contribution in [-0.4, -0.2) is 11.7 Å². The van der Waals surface area contributed by atoms with E-state index in [1.54, 1.807) is 23.9 Å². The molecule has 0 aliphatic rings. The fourth-order valence-corrected chi connectivity index (χ4v) is 2.85. The van der Waals surface area contributed by atoms with Crippen LogP contribution in [0.3, 0.4) is 0 Å². The average molecular weight is 331 g/mol. The molecule has 22 heavy (non-hydrogen) atoms. The minimum atomic E-state index is -0.00334. The minimum absolute atomic E-state index is 0.00334. The van der Waals surface area contributed by atoms with E-state index in [-0.39, 0.29) is 5.91 Å². The van der Waals surface area contributed by atoms with Crippen LogP contribution in [0.5, 0.6) is 0 Å². The normalized spacial score (nSPS) is 10.0. The molecule has 0 heterocycles. The standard InChI is InChI=1S/C17H15ClN2OS/c18-16-3-1-2-15(8-16)11-22-12-17(21)20-10-14-6-4-13(9-19)5-7-14/h1-8H,10-12H2,(H,20,21). The summed E-state index contributed by atoms with van der Waals surface area (Å²) < 4.78 is 0. The van der Waals surface area contributed by atoms with E-state index in [1.807, 2.05) is 36.4 Å². The van der Waals surface area contributed by atoms with Gasteiger partial charge in [0.1, 0.15) is 0 Å². The van der Waals surface area contributed by atoms with Crippen LogP contribution in [0, 0.1) is 11.3 Å². The maximum Gasteiger partial charge on any atom is 0.230 e. The Kier molecular flexibility index (Phi) is 6.32. The molecule has 1 amide bonds. The van der Waals surface area contributed by atoms with Crippen LogP contribution in [-0.2, 0) is 17.1 Å². The van der Waals surface area contributed by atoms with Crippen molar-refractivity contribution in [3.8, 4) is 6.07 Å². The summed E-state index contributed by atoms with van der Waals surface area (Å²) in [6.07, 6.45) is 0. The molecule has 0 radical (unpaired) electrons. The fraction of sp³-hybridized carbons (Fsp3) is 0.176. The van der Waals surface area contributed by atoms with Crippen LogP contribution in [0.25, 0.3) is 0 Å². The first-order chi connectivity index (χ1) is 10.7. The summed E-state index contributed by atoms with van der Waals surface area (Å²) in [5.41, 5.74) is 2.71. The number of hydrogen-bond donors (Lipinski definition) is 1. The van der Waals surface area contributed by atoms with Crippen LogP contribution in [0.1, 0.15) is 16.7 Å². The average Bonchev–Trinajstić information content (AvgIpc) is 2.53. The molecular weight excluding hydrogens is 316 g/mol. The third-order valence-corrected chi connectivity index (χ3v) is 4.20. The predicted molar refractivity (Wildman–Crippen MR) is 90.6 cm³/mol. The molecule has 2 aromatic carbocycles. The van der Waals surface area contributed by atoms with Crippen LogP contribution in [0.2, 0.25) is 5.02 Å². The Morgan fingerprint density at radius 2 is 1.95 bits per heavy atom. The maximum absolute atomic E-state index is 11.8. The molecule has 1 N–H and O–H groups in total. The van der Waals surface area contributed by atoms with Crippen molar-refractivity contribution in [3.63, 3.8) is 0 Å². The zero-order chi connectivity index (χ0) is 15.8. The van der Waals surface area contributed by atoms with Gasteiger partial charge in [-0.3, -0.25) is 4.79 Å². The highest BCUT2D eigenvalue weighted by molar-refractivity contribution is 7.99. The lowest BCUT2D eigenvalue weighted by molar-refractivity contribution is -0.118. The van der Waals surface area contributed by atoms with Gasteiger partial charge in [0.25, 0.3) is 0 Å². The molecule has 0 fully saturated rings. The van der Waals surface area contributed by atoms with Crippen molar-refractivity contribution in [3.05, 3.63) is 70.2 Å². The first-order valence-electron chi connectivity index (χ1n) is 6.75. The number of hydrogen-bond acceptors (Lipinski definition) is 3. The van der Waals surface area contributed by atoms with Crippen molar-refractivity contribution in [2.24, 2.45) is 0 Å². The van der Waals surface area contributed by atoms with Crippen molar-refractivity contribution < 1.29 is 4.79 Å². The number of carbonyl (C=O) groups is 1. The number of carbonyl (C=O) groups excluding carboxylic acids is 1. The smallest absolute Gasteiger partial charge is 0.230 e. The number of nitriles is 1. The van der Waals surface area contributed by atoms with Gasteiger partial charge in [-0.25, -0.2) is 0 Å². The van der Waals surface area contributed by atoms with Gasteiger partial charge < -0.3 is 5.32 Å². The van der Waals surface area contributed by atoms with Crippen molar-refractivity contribution in [2.75, 3.05) is 5.75 Å². The summed E-state index contributed by atoms with van der Waals surface area (Å²) in [4.78, 5) is 11.8. The van der Waals surface area contributed by atoms with E-state index in [2.05, 4.69) is 11.4 Å². The summed E-state index contributed by atoms with van der Waals surface area (Å²) >= 11 is 7.47. The zero-order valence-corrected chi connectivity index (χ0v) is 13.5. The monoisotopic (exact) mass is 330 g/mol. The molecule has 0 atom stereocenters. The fourth-order valence-electron chi connectivity index (χ4n) is 1.84. The summed E-state index contributed by atoms with van der Waals surface area (Å²) in [7, 11) is 0. The molecule has 0 aliphatic carbocycles. The number of nitrogens with zero attached hydrogens (tertiary/aromatic N) is 1. The topological polar surface area (TPSA) is 52.9 Å². The molecule has 2 rings (SSSR count). The highest BCUT2D eigenvalue weighted by Gasteiger charge is 2.03. The van der Waals surface area contributed by atoms with Crippen molar-refractivity contribution in [1.82, 2.24) is 5.32 Å². The second-order valence-corrected chi connectivity index (χ2v) is 6.13. The van der Waals surface area contributed by atoms with E-state index in [9.17, 15) is 4.79 Å². The van der Waals surface area contributed by atoms with E-state index in [1.165, 1.54) is 0 Å². The molecule has 0 aromatic heterocycles. The first-order valence-corrected chi connectivity index (χ1v) is 8.28. The second-order valence-electron chi connectivity index (χ2n) is 4.71. The lowest BCUT2D eigenvalue weighted by Gasteiger charge is -2.06. The number of rotatable bonds is 6. The van der Waals surface area contributed by atoms with Crippen LogP contribution in [0.4, 0.5) is 0 Å². The summed E-state index contributed by atoms with van der Waals surface area (Å²) in [5, 5.41) is 12.3. The molecule has 3 nitrogen and oxygen atoms in total. The van der Waals surface area contributed by atoms with Gasteiger partial charge in [0.2, 0.25) is 5.91 Å². The Bertz CT molecular complexity index is 680. The number of nitrogens with one attached hydrogen (secondary N) is 1. The summed E-state index contributed by atoms with van der Waals surface area (Å²) in [6.45, 7) is 0.474. The SMILES string of the molecule is N#Cc1ccc(CNC(=O)CSCc2cccc(Cl)c2)cc1. The van der Waals surface area contributed by atoms with E-state index in [0.717, 1.165) is 16.9 Å². The van der Waals surface area contributed by atoms with Gasteiger partial charge in [-0.05, 0) is 35.4 Å².